The first kappa shape index (κ1) is 15.9. The molecule has 4 nitrogen and oxygen atoms in total. The van der Waals surface area contributed by atoms with E-state index in [-0.39, 0.29) is 0 Å². The lowest BCUT2D eigenvalue weighted by Crippen LogP contribution is -2.32. The molecule has 2 aliphatic rings. The second-order valence-corrected chi connectivity index (χ2v) is 6.40. The van der Waals surface area contributed by atoms with Crippen LogP contribution < -0.4 is 9.64 Å². The molecule has 0 N–H and O–H groups in total. The summed E-state index contributed by atoms with van der Waals surface area (Å²) in [5.41, 5.74) is 5.82. The number of anilines is 1. The Labute approximate surface area is 148 Å². The molecule has 0 saturated heterocycles. The van der Waals surface area contributed by atoms with E-state index in [1.807, 2.05) is 12.3 Å². The third kappa shape index (κ3) is 3.29. The largest absolute Gasteiger partial charge is 0.490 e. The molecule has 0 saturated carbocycles. The zero-order valence-electron chi connectivity index (χ0n) is 14.6. The molecular weight excluding hydrogens is 310 g/mol. The number of hydrogen-bond donors (Lipinski definition) is 0. The minimum atomic E-state index is 0.753. The molecule has 1 aromatic carbocycles. The molecule has 2 aliphatic heterocycles. The molecule has 0 bridgehead atoms. The van der Waals surface area contributed by atoms with Gasteiger partial charge in [0.2, 0.25) is 0 Å². The molecule has 128 valence electrons. The number of ether oxygens (including phenoxy) is 1. The maximum Gasteiger partial charge on any atom is 0.143 e. The lowest BCUT2D eigenvalue weighted by atomic mass is 9.94. The van der Waals surface area contributed by atoms with Gasteiger partial charge in [-0.3, -0.25) is 9.98 Å². The first-order valence-electron chi connectivity index (χ1n) is 9.03. The smallest absolute Gasteiger partial charge is 0.143 e. The molecule has 4 rings (SSSR count). The van der Waals surface area contributed by atoms with Crippen LogP contribution in [0.1, 0.15) is 30.9 Å². The van der Waals surface area contributed by atoms with E-state index < -0.39 is 0 Å². The summed E-state index contributed by atoms with van der Waals surface area (Å²) in [5, 5.41) is 0. The van der Waals surface area contributed by atoms with Gasteiger partial charge >= 0.3 is 0 Å². The van der Waals surface area contributed by atoms with Gasteiger partial charge in [0.25, 0.3) is 0 Å². The van der Waals surface area contributed by atoms with Gasteiger partial charge < -0.3 is 9.64 Å². The molecule has 0 radical (unpaired) electrons. The number of hydrogen-bond acceptors (Lipinski definition) is 4. The van der Waals surface area contributed by atoms with Crippen molar-refractivity contribution in [3.63, 3.8) is 0 Å². The monoisotopic (exact) mass is 333 g/mol. The van der Waals surface area contributed by atoms with Crippen LogP contribution in [-0.2, 0) is 0 Å². The summed E-state index contributed by atoms with van der Waals surface area (Å²) in [6, 6.07) is 10.6. The fourth-order valence-electron chi connectivity index (χ4n) is 3.51. The highest BCUT2D eigenvalue weighted by molar-refractivity contribution is 6.15. The number of fused-ring (bicyclic) bond motifs is 1. The van der Waals surface area contributed by atoms with E-state index in [0.717, 1.165) is 56.1 Å². The van der Waals surface area contributed by atoms with Crippen molar-refractivity contribution in [1.82, 2.24) is 4.98 Å². The van der Waals surface area contributed by atoms with Crippen molar-refractivity contribution >= 4 is 17.5 Å². The van der Waals surface area contributed by atoms with Gasteiger partial charge in [-0.1, -0.05) is 6.07 Å². The Kier molecular flexibility index (Phi) is 4.51. The topological polar surface area (TPSA) is 37.7 Å². The number of rotatable bonds is 3. The number of aromatic nitrogens is 1. The van der Waals surface area contributed by atoms with Crippen LogP contribution >= 0.6 is 0 Å². The molecule has 3 heterocycles. The molecule has 0 aliphatic carbocycles. The molecule has 1 aromatic heterocycles. The van der Waals surface area contributed by atoms with E-state index in [4.69, 9.17) is 9.73 Å². The molecule has 0 atom stereocenters. The third-order valence-corrected chi connectivity index (χ3v) is 4.78. The Hall–Kier alpha value is -2.62. The number of allylic oxidation sites excluding steroid dienone is 1. The minimum absolute atomic E-state index is 0.753. The molecule has 2 aromatic rings. The number of benzene rings is 1. The molecular formula is C21H23N3O. The summed E-state index contributed by atoms with van der Waals surface area (Å²) in [4.78, 5) is 11.4. The predicted octanol–water partition coefficient (Wildman–Crippen LogP) is 3.97. The van der Waals surface area contributed by atoms with Crippen molar-refractivity contribution in [2.45, 2.75) is 19.8 Å². The predicted molar refractivity (Wildman–Crippen MR) is 103 cm³/mol. The average molecular weight is 333 g/mol. The molecule has 25 heavy (non-hydrogen) atoms. The Morgan fingerprint density at radius 2 is 2.24 bits per heavy atom. The van der Waals surface area contributed by atoms with Crippen molar-refractivity contribution in [3.05, 3.63) is 59.4 Å². The number of aliphatic imine (C=N–C) groups is 1. The van der Waals surface area contributed by atoms with Crippen molar-refractivity contribution in [2.75, 3.05) is 31.1 Å². The number of pyridine rings is 1. The molecule has 0 amide bonds. The first-order valence-corrected chi connectivity index (χ1v) is 9.03. The quantitative estimate of drug-likeness (QED) is 0.853. The van der Waals surface area contributed by atoms with Crippen LogP contribution in [0.3, 0.4) is 0 Å². The fourth-order valence-corrected chi connectivity index (χ4v) is 3.51. The molecule has 0 unspecified atom stereocenters. The van der Waals surface area contributed by atoms with Crippen molar-refractivity contribution in [2.24, 2.45) is 4.99 Å². The van der Waals surface area contributed by atoms with Crippen LogP contribution in [0.4, 0.5) is 5.69 Å². The fraction of sp³-hybridized carbons (Fsp3) is 0.333. The maximum absolute atomic E-state index is 5.89. The Morgan fingerprint density at radius 1 is 1.28 bits per heavy atom. The second-order valence-electron chi connectivity index (χ2n) is 6.40. The van der Waals surface area contributed by atoms with E-state index in [2.05, 4.69) is 47.1 Å². The van der Waals surface area contributed by atoms with Gasteiger partial charge in [0.15, 0.2) is 0 Å². The third-order valence-electron chi connectivity index (χ3n) is 4.78. The zero-order chi connectivity index (χ0) is 17.1. The van der Waals surface area contributed by atoms with Gasteiger partial charge in [-0.25, -0.2) is 0 Å². The van der Waals surface area contributed by atoms with Crippen LogP contribution in [-0.4, -0.2) is 36.9 Å². The van der Waals surface area contributed by atoms with E-state index in [9.17, 15) is 0 Å². The van der Waals surface area contributed by atoms with E-state index in [0.29, 0.717) is 0 Å². The van der Waals surface area contributed by atoms with E-state index in [1.54, 1.807) is 6.20 Å². The van der Waals surface area contributed by atoms with Gasteiger partial charge in [-0.2, -0.15) is 0 Å². The van der Waals surface area contributed by atoms with Crippen molar-refractivity contribution < 1.29 is 4.74 Å². The van der Waals surface area contributed by atoms with Gasteiger partial charge in [0.1, 0.15) is 12.4 Å². The summed E-state index contributed by atoms with van der Waals surface area (Å²) >= 11 is 0. The highest BCUT2D eigenvalue weighted by Gasteiger charge is 2.18. The zero-order valence-corrected chi connectivity index (χ0v) is 14.6. The second kappa shape index (κ2) is 7.09. The van der Waals surface area contributed by atoms with Crippen LogP contribution in [0.15, 0.2) is 53.3 Å². The highest BCUT2D eigenvalue weighted by Crippen LogP contribution is 2.33. The van der Waals surface area contributed by atoms with Gasteiger partial charge in [0, 0.05) is 31.0 Å². The van der Waals surface area contributed by atoms with Gasteiger partial charge in [0.05, 0.1) is 17.9 Å². The van der Waals surface area contributed by atoms with E-state index in [1.165, 1.54) is 16.8 Å². The lowest BCUT2D eigenvalue weighted by molar-refractivity contribution is 0.308. The minimum Gasteiger partial charge on any atom is -0.490 e. The van der Waals surface area contributed by atoms with Crippen LogP contribution in [0.25, 0.3) is 6.08 Å². The standard InChI is InChI=1S/C21H23N3O/c1-2-24-11-12-25-20-14-16(7-8-19(20)24)13-17-5-4-10-23-21(17)18-6-3-9-22-15-18/h3,6-9,13-15H,2,4-5,10-12H2,1H3. The summed E-state index contributed by atoms with van der Waals surface area (Å²) in [6.45, 7) is 5.80. The molecule has 0 spiro atoms. The SMILES string of the molecule is CCN1CCOc2cc(C=C3CCCN=C3c3cccnc3)ccc21. The van der Waals surface area contributed by atoms with Crippen LogP contribution in [0.5, 0.6) is 5.75 Å². The molecule has 4 heteroatoms. The number of likely N-dealkylation sites (N-methyl/N-ethyl adjacent to an activating group) is 1. The first-order chi connectivity index (χ1) is 12.3. The lowest BCUT2D eigenvalue weighted by Gasteiger charge is -2.30. The highest BCUT2D eigenvalue weighted by atomic mass is 16.5. The normalized spacial score (nSPS) is 18.5. The van der Waals surface area contributed by atoms with Gasteiger partial charge in [-0.15, -0.1) is 0 Å². The average Bonchev–Trinajstić information content (AvgIpc) is 2.68. The van der Waals surface area contributed by atoms with Crippen molar-refractivity contribution in [1.29, 1.82) is 0 Å². The van der Waals surface area contributed by atoms with Crippen LogP contribution in [0, 0.1) is 0 Å². The molecule has 0 fully saturated rings. The summed E-state index contributed by atoms with van der Waals surface area (Å²) in [6.07, 6.45) is 8.09. The summed E-state index contributed by atoms with van der Waals surface area (Å²) in [5.74, 6) is 0.984. The van der Waals surface area contributed by atoms with E-state index >= 15 is 0 Å². The van der Waals surface area contributed by atoms with Gasteiger partial charge in [-0.05, 0) is 61.2 Å². The Morgan fingerprint density at radius 3 is 3.08 bits per heavy atom. The Bertz CT molecular complexity index is 811. The number of nitrogens with zero attached hydrogens (tertiary/aromatic N) is 3. The van der Waals surface area contributed by atoms with Crippen LogP contribution in [0.2, 0.25) is 0 Å². The summed E-state index contributed by atoms with van der Waals surface area (Å²) < 4.78 is 5.89. The van der Waals surface area contributed by atoms with Crippen molar-refractivity contribution in [3.8, 4) is 5.75 Å². The summed E-state index contributed by atoms with van der Waals surface area (Å²) in [7, 11) is 0. The maximum atomic E-state index is 5.89. The Balaban J connectivity index is 1.68.